The molecule has 1 atom stereocenters. The normalized spacial score (nSPS) is 10.7. The molecule has 9 heteroatoms. The summed E-state index contributed by atoms with van der Waals surface area (Å²) < 4.78 is 10.2. The highest BCUT2D eigenvalue weighted by Gasteiger charge is 2.24. The molecule has 2 aromatic rings. The molecular formula is C18H21ClN4O4. The van der Waals surface area contributed by atoms with Crippen molar-refractivity contribution in [3.63, 3.8) is 0 Å². The third-order valence-electron chi connectivity index (χ3n) is 3.34. The monoisotopic (exact) mass is 392 g/mol. The molecule has 0 aromatic heterocycles. The van der Waals surface area contributed by atoms with Gasteiger partial charge in [-0.1, -0.05) is 17.7 Å². The van der Waals surface area contributed by atoms with Gasteiger partial charge in [-0.05, 0) is 43.3 Å². The lowest BCUT2D eigenvalue weighted by atomic mass is 10.2. The van der Waals surface area contributed by atoms with Crippen molar-refractivity contribution in [2.24, 2.45) is 16.5 Å². The minimum Gasteiger partial charge on any atom is -0.465 e. The number of rotatable bonds is 6. The van der Waals surface area contributed by atoms with E-state index in [4.69, 9.17) is 16.2 Å². The maximum absolute atomic E-state index is 12.4. The second kappa shape index (κ2) is 10.0. The maximum Gasteiger partial charge on any atom is 0.368 e. The smallest absolute Gasteiger partial charge is 0.368 e. The highest BCUT2D eigenvalue weighted by Crippen LogP contribution is 2.15. The van der Waals surface area contributed by atoms with E-state index in [0.717, 1.165) is 5.56 Å². The van der Waals surface area contributed by atoms with Crippen molar-refractivity contribution < 1.29 is 19.1 Å². The molecule has 5 N–H and O–H groups in total. The van der Waals surface area contributed by atoms with Crippen LogP contribution in [-0.4, -0.2) is 31.2 Å². The predicted octanol–water partition coefficient (Wildman–Crippen LogP) is 1.63. The second-order valence-electron chi connectivity index (χ2n) is 5.39. The molecule has 0 spiro atoms. The summed E-state index contributed by atoms with van der Waals surface area (Å²) in [6, 6.07) is 13.2. The summed E-state index contributed by atoms with van der Waals surface area (Å²) in [5, 5.41) is 2.49. The van der Waals surface area contributed by atoms with Gasteiger partial charge in [0.25, 0.3) is 12.1 Å². The quantitative estimate of drug-likeness (QED) is 0.296. The number of nitrogens with zero attached hydrogens (tertiary/aromatic N) is 1. The fraction of sp³-hybridized carbons (Fsp3) is 0.167. The fourth-order valence-electron chi connectivity index (χ4n) is 2.04. The molecular weight excluding hydrogens is 372 g/mol. The number of hydrogen-bond acceptors (Lipinski definition) is 5. The van der Waals surface area contributed by atoms with Crippen LogP contribution < -0.4 is 21.5 Å². The van der Waals surface area contributed by atoms with Crippen LogP contribution in [0, 0.1) is 6.92 Å². The summed E-state index contributed by atoms with van der Waals surface area (Å²) in [5.41, 5.74) is 12.4. The third kappa shape index (κ3) is 6.52. The van der Waals surface area contributed by atoms with Crippen molar-refractivity contribution in [2.45, 2.75) is 13.2 Å². The average Bonchev–Trinajstić information content (AvgIpc) is 2.62. The molecule has 0 fully saturated rings. The first-order chi connectivity index (χ1) is 12.4. The number of carbonyl (C=O) groups excluding carboxylic acids is 2. The largest absolute Gasteiger partial charge is 0.465 e. The standard InChI is InChI=1S/C18H20N4O4.ClH/c1-11-3-9-14(10-4-11)26-16(17(24)25-2)22-15(23)12-5-7-13(8-6-12)21-18(19)20;/h3-10,16H,1-2H3,(H,22,23)(H4,19,20,21);1H. The molecule has 0 radical (unpaired) electrons. The van der Waals surface area contributed by atoms with E-state index in [9.17, 15) is 9.59 Å². The van der Waals surface area contributed by atoms with Crippen molar-refractivity contribution >= 4 is 35.9 Å². The Morgan fingerprint density at radius 3 is 2.15 bits per heavy atom. The number of hydrogen-bond donors (Lipinski definition) is 3. The number of carbonyl (C=O) groups is 2. The van der Waals surface area contributed by atoms with Gasteiger partial charge in [0.2, 0.25) is 0 Å². The zero-order valence-corrected chi connectivity index (χ0v) is 15.7. The fourth-order valence-corrected chi connectivity index (χ4v) is 2.04. The van der Waals surface area contributed by atoms with E-state index in [1.165, 1.54) is 19.2 Å². The van der Waals surface area contributed by atoms with Crippen LogP contribution in [0.25, 0.3) is 0 Å². The van der Waals surface area contributed by atoms with Gasteiger partial charge in [0.1, 0.15) is 5.75 Å². The molecule has 0 aliphatic carbocycles. The highest BCUT2D eigenvalue weighted by molar-refractivity contribution is 5.96. The van der Waals surface area contributed by atoms with Gasteiger partial charge in [0, 0.05) is 5.56 Å². The number of guanidine groups is 1. The van der Waals surface area contributed by atoms with E-state index in [-0.39, 0.29) is 18.4 Å². The molecule has 0 aliphatic rings. The van der Waals surface area contributed by atoms with Crippen molar-refractivity contribution in [1.29, 1.82) is 0 Å². The lowest BCUT2D eigenvalue weighted by Crippen LogP contribution is -2.45. The molecule has 1 amide bonds. The highest BCUT2D eigenvalue weighted by atomic mass is 35.5. The first kappa shape index (κ1) is 21.8. The number of methoxy groups -OCH3 is 1. The van der Waals surface area contributed by atoms with Gasteiger partial charge in [-0.25, -0.2) is 9.79 Å². The number of esters is 1. The molecule has 0 saturated heterocycles. The summed E-state index contributed by atoms with van der Waals surface area (Å²) in [5.74, 6) is -0.895. The zero-order valence-electron chi connectivity index (χ0n) is 14.8. The van der Waals surface area contributed by atoms with Crippen LogP contribution in [0.2, 0.25) is 0 Å². The van der Waals surface area contributed by atoms with E-state index < -0.39 is 18.1 Å². The summed E-state index contributed by atoms with van der Waals surface area (Å²) in [6.07, 6.45) is -1.28. The van der Waals surface area contributed by atoms with Crippen LogP contribution in [0.5, 0.6) is 5.75 Å². The molecule has 0 aliphatic heterocycles. The summed E-state index contributed by atoms with van der Waals surface area (Å²) in [7, 11) is 1.21. The molecule has 0 bridgehead atoms. The predicted molar refractivity (Wildman–Crippen MR) is 104 cm³/mol. The average molecular weight is 393 g/mol. The summed E-state index contributed by atoms with van der Waals surface area (Å²) in [4.78, 5) is 28.2. The van der Waals surface area contributed by atoms with E-state index >= 15 is 0 Å². The SMILES string of the molecule is COC(=O)C(NC(=O)c1ccc(N=C(N)N)cc1)Oc1ccc(C)cc1.Cl. The van der Waals surface area contributed by atoms with Gasteiger partial charge >= 0.3 is 5.97 Å². The summed E-state index contributed by atoms with van der Waals surface area (Å²) >= 11 is 0. The lowest BCUT2D eigenvalue weighted by Gasteiger charge is -2.18. The maximum atomic E-state index is 12.4. The number of nitrogens with one attached hydrogen (secondary N) is 1. The molecule has 2 rings (SSSR count). The number of nitrogens with two attached hydrogens (primary N) is 2. The van der Waals surface area contributed by atoms with Crippen molar-refractivity contribution in [3.8, 4) is 5.75 Å². The van der Waals surface area contributed by atoms with E-state index in [0.29, 0.717) is 17.0 Å². The number of amides is 1. The van der Waals surface area contributed by atoms with Gasteiger partial charge < -0.3 is 26.3 Å². The Morgan fingerprint density at radius 1 is 1.04 bits per heavy atom. The van der Waals surface area contributed by atoms with Crippen LogP contribution in [-0.2, 0) is 9.53 Å². The Morgan fingerprint density at radius 2 is 1.63 bits per heavy atom. The molecule has 8 nitrogen and oxygen atoms in total. The van der Waals surface area contributed by atoms with E-state index in [1.54, 1.807) is 24.3 Å². The van der Waals surface area contributed by atoms with Gasteiger partial charge in [-0.2, -0.15) is 0 Å². The lowest BCUT2D eigenvalue weighted by molar-refractivity contribution is -0.149. The molecule has 1 unspecified atom stereocenters. The van der Waals surface area contributed by atoms with Crippen LogP contribution in [0.15, 0.2) is 53.5 Å². The summed E-state index contributed by atoms with van der Waals surface area (Å²) in [6.45, 7) is 1.93. The van der Waals surface area contributed by atoms with Crippen molar-refractivity contribution in [2.75, 3.05) is 7.11 Å². The van der Waals surface area contributed by atoms with Gasteiger partial charge in [-0.3, -0.25) is 4.79 Å². The van der Waals surface area contributed by atoms with Gasteiger partial charge in [-0.15, -0.1) is 12.4 Å². The van der Waals surface area contributed by atoms with Crippen LogP contribution in [0.1, 0.15) is 15.9 Å². The number of halogens is 1. The number of aryl methyl sites for hydroxylation is 1. The van der Waals surface area contributed by atoms with Crippen LogP contribution >= 0.6 is 12.4 Å². The van der Waals surface area contributed by atoms with E-state index in [2.05, 4.69) is 15.0 Å². The second-order valence-corrected chi connectivity index (χ2v) is 5.39. The van der Waals surface area contributed by atoms with E-state index in [1.807, 2.05) is 19.1 Å². The topological polar surface area (TPSA) is 129 Å². The Bertz CT molecular complexity index is 803. The Labute approximate surface area is 163 Å². The molecule has 27 heavy (non-hydrogen) atoms. The number of ether oxygens (including phenoxy) is 2. The minimum atomic E-state index is -1.28. The van der Waals surface area contributed by atoms with Crippen LogP contribution in [0.3, 0.4) is 0 Å². The zero-order chi connectivity index (χ0) is 19.1. The molecule has 0 saturated carbocycles. The Kier molecular flexibility index (Phi) is 8.09. The first-order valence-corrected chi connectivity index (χ1v) is 7.71. The Balaban J connectivity index is 0.00000364. The van der Waals surface area contributed by atoms with Gasteiger partial charge in [0.05, 0.1) is 12.8 Å². The molecule has 0 heterocycles. The molecule has 2 aromatic carbocycles. The van der Waals surface area contributed by atoms with Crippen LogP contribution in [0.4, 0.5) is 5.69 Å². The van der Waals surface area contributed by atoms with Crippen molar-refractivity contribution in [1.82, 2.24) is 5.32 Å². The Hall–Kier alpha value is -3.26. The third-order valence-corrected chi connectivity index (χ3v) is 3.34. The first-order valence-electron chi connectivity index (χ1n) is 7.71. The number of aliphatic imine (C=N–C) groups is 1. The van der Waals surface area contributed by atoms with Crippen molar-refractivity contribution in [3.05, 3.63) is 59.7 Å². The minimum absolute atomic E-state index is 0. The number of benzene rings is 2. The van der Waals surface area contributed by atoms with Gasteiger partial charge in [0.15, 0.2) is 5.96 Å². The molecule has 144 valence electrons.